The summed E-state index contributed by atoms with van der Waals surface area (Å²) >= 11 is 0. The van der Waals surface area contributed by atoms with E-state index in [-0.39, 0.29) is 11.7 Å². The molecule has 0 saturated heterocycles. The molecule has 0 aliphatic heterocycles. The normalized spacial score (nSPS) is 10.7. The third-order valence-electron chi connectivity index (χ3n) is 5.52. The largest absolute Gasteiger partial charge is 0.493 e. The van der Waals surface area contributed by atoms with Crippen molar-refractivity contribution in [2.45, 2.75) is 27.0 Å². The van der Waals surface area contributed by atoms with Crippen LogP contribution in [0.25, 0.3) is 0 Å². The fourth-order valence-corrected chi connectivity index (χ4v) is 3.68. The number of rotatable bonds is 8. The van der Waals surface area contributed by atoms with Crippen LogP contribution in [-0.4, -0.2) is 22.8 Å². The summed E-state index contributed by atoms with van der Waals surface area (Å²) in [6.07, 6.45) is 0. The summed E-state index contributed by atoms with van der Waals surface area (Å²) in [5.74, 6) is 0.784. The first-order valence-electron chi connectivity index (χ1n) is 10.9. The number of para-hydroxylation sites is 2. The lowest BCUT2D eigenvalue weighted by molar-refractivity contribution is 0.102. The highest BCUT2D eigenvalue weighted by Crippen LogP contribution is 2.27. The Bertz CT molecular complexity index is 1300. The Kier molecular flexibility index (Phi) is 6.92. The number of carbonyl (C=O) groups is 1. The van der Waals surface area contributed by atoms with Gasteiger partial charge in [0.1, 0.15) is 12.4 Å². The Morgan fingerprint density at radius 1 is 0.971 bits per heavy atom. The number of ether oxygens (including phenoxy) is 2. The van der Waals surface area contributed by atoms with E-state index in [4.69, 9.17) is 9.47 Å². The summed E-state index contributed by atoms with van der Waals surface area (Å²) < 4.78 is 26.2. The lowest BCUT2D eigenvalue weighted by Crippen LogP contribution is -2.14. The molecule has 1 aromatic heterocycles. The molecular formula is C27H26FN3O3. The van der Waals surface area contributed by atoms with Gasteiger partial charge in [0.05, 0.1) is 30.7 Å². The van der Waals surface area contributed by atoms with Crippen molar-refractivity contribution in [1.29, 1.82) is 0 Å². The molecule has 0 aliphatic carbocycles. The van der Waals surface area contributed by atoms with Crippen molar-refractivity contribution in [3.05, 3.63) is 107 Å². The molecule has 7 heteroatoms. The van der Waals surface area contributed by atoms with E-state index in [1.54, 1.807) is 36.1 Å². The highest BCUT2D eigenvalue weighted by atomic mass is 19.1. The van der Waals surface area contributed by atoms with Crippen molar-refractivity contribution in [2.75, 3.05) is 12.4 Å². The van der Waals surface area contributed by atoms with Crippen LogP contribution < -0.4 is 14.8 Å². The van der Waals surface area contributed by atoms with Crippen LogP contribution in [0.2, 0.25) is 0 Å². The molecule has 1 amide bonds. The third-order valence-corrected chi connectivity index (χ3v) is 5.52. The van der Waals surface area contributed by atoms with Gasteiger partial charge in [-0.05, 0) is 61.4 Å². The van der Waals surface area contributed by atoms with E-state index in [1.165, 1.54) is 12.1 Å². The molecule has 34 heavy (non-hydrogen) atoms. The Labute approximate surface area is 198 Å². The number of anilines is 1. The highest BCUT2D eigenvalue weighted by molar-refractivity contribution is 6.05. The number of halogens is 1. The average Bonchev–Trinajstić information content (AvgIpc) is 3.11. The van der Waals surface area contributed by atoms with Crippen LogP contribution in [-0.2, 0) is 13.2 Å². The summed E-state index contributed by atoms with van der Waals surface area (Å²) in [5.41, 5.74) is 4.51. The van der Waals surface area contributed by atoms with Crippen LogP contribution in [0.3, 0.4) is 0 Å². The minimum Gasteiger partial charge on any atom is -0.493 e. The maximum Gasteiger partial charge on any atom is 0.255 e. The third kappa shape index (κ3) is 5.26. The maximum absolute atomic E-state index is 13.2. The van der Waals surface area contributed by atoms with Crippen LogP contribution >= 0.6 is 0 Å². The summed E-state index contributed by atoms with van der Waals surface area (Å²) in [4.78, 5) is 13.0. The van der Waals surface area contributed by atoms with Gasteiger partial charge in [-0.1, -0.05) is 36.4 Å². The Morgan fingerprint density at radius 3 is 2.44 bits per heavy atom. The molecule has 3 aromatic carbocycles. The lowest BCUT2D eigenvalue weighted by atomic mass is 10.1. The summed E-state index contributed by atoms with van der Waals surface area (Å²) in [7, 11) is 1.60. The topological polar surface area (TPSA) is 65.4 Å². The van der Waals surface area contributed by atoms with Gasteiger partial charge < -0.3 is 14.8 Å². The van der Waals surface area contributed by atoms with Crippen molar-refractivity contribution >= 4 is 11.6 Å². The van der Waals surface area contributed by atoms with E-state index >= 15 is 0 Å². The monoisotopic (exact) mass is 459 g/mol. The van der Waals surface area contributed by atoms with Gasteiger partial charge in [-0.25, -0.2) is 4.39 Å². The number of hydrogen-bond donors (Lipinski definition) is 1. The molecule has 4 aromatic rings. The minimum atomic E-state index is -0.277. The summed E-state index contributed by atoms with van der Waals surface area (Å²) in [5, 5.41) is 7.53. The molecule has 4 rings (SSSR count). The zero-order valence-corrected chi connectivity index (χ0v) is 19.3. The predicted molar refractivity (Wildman–Crippen MR) is 129 cm³/mol. The number of aromatic nitrogens is 2. The van der Waals surface area contributed by atoms with Crippen LogP contribution in [0.15, 0.2) is 72.8 Å². The lowest BCUT2D eigenvalue weighted by Gasteiger charge is -2.11. The quantitative estimate of drug-likeness (QED) is 0.376. The molecular weight excluding hydrogens is 433 g/mol. The van der Waals surface area contributed by atoms with Gasteiger partial charge in [0.15, 0.2) is 11.5 Å². The SMILES string of the molecule is COc1ccccc1OCc1cccc(C(=O)Nc2c(C)nn(Cc3ccc(F)cc3)c2C)c1. The number of hydrogen-bond acceptors (Lipinski definition) is 4. The van der Waals surface area contributed by atoms with Gasteiger partial charge in [0.2, 0.25) is 0 Å². The van der Waals surface area contributed by atoms with Gasteiger partial charge in [-0.15, -0.1) is 0 Å². The number of carbonyl (C=O) groups excluding carboxylic acids is 1. The molecule has 0 aliphatic rings. The molecule has 1 heterocycles. The number of aryl methyl sites for hydroxylation is 1. The van der Waals surface area contributed by atoms with Crippen molar-refractivity contribution in [3.63, 3.8) is 0 Å². The smallest absolute Gasteiger partial charge is 0.255 e. The molecule has 1 N–H and O–H groups in total. The maximum atomic E-state index is 13.2. The van der Waals surface area contributed by atoms with E-state index in [1.807, 2.05) is 50.2 Å². The first-order valence-corrected chi connectivity index (χ1v) is 10.9. The zero-order chi connectivity index (χ0) is 24.1. The second-order valence-corrected chi connectivity index (χ2v) is 7.92. The molecule has 0 unspecified atom stereocenters. The van der Waals surface area contributed by atoms with E-state index in [2.05, 4.69) is 10.4 Å². The molecule has 0 atom stereocenters. The molecule has 0 fully saturated rings. The van der Waals surface area contributed by atoms with Crippen molar-refractivity contribution < 1.29 is 18.7 Å². The van der Waals surface area contributed by atoms with Crippen molar-refractivity contribution in [3.8, 4) is 11.5 Å². The second-order valence-electron chi connectivity index (χ2n) is 7.92. The number of amides is 1. The predicted octanol–water partition coefficient (Wildman–Crippen LogP) is 5.53. The highest BCUT2D eigenvalue weighted by Gasteiger charge is 2.16. The number of nitrogens with one attached hydrogen (secondary N) is 1. The van der Waals surface area contributed by atoms with Gasteiger partial charge in [-0.3, -0.25) is 9.48 Å². The van der Waals surface area contributed by atoms with Crippen LogP contribution in [0.5, 0.6) is 11.5 Å². The van der Waals surface area contributed by atoms with Gasteiger partial charge >= 0.3 is 0 Å². The fraction of sp³-hybridized carbons (Fsp3) is 0.185. The van der Waals surface area contributed by atoms with E-state index in [0.29, 0.717) is 41.6 Å². The zero-order valence-electron chi connectivity index (χ0n) is 19.3. The summed E-state index contributed by atoms with van der Waals surface area (Å²) in [6, 6.07) is 21.0. The Hall–Kier alpha value is -4.13. The fourth-order valence-electron chi connectivity index (χ4n) is 3.68. The Morgan fingerprint density at radius 2 is 1.71 bits per heavy atom. The van der Waals surface area contributed by atoms with Gasteiger partial charge in [0.25, 0.3) is 5.91 Å². The molecule has 0 radical (unpaired) electrons. The van der Waals surface area contributed by atoms with E-state index in [9.17, 15) is 9.18 Å². The van der Waals surface area contributed by atoms with Crippen LogP contribution in [0, 0.1) is 19.7 Å². The first-order chi connectivity index (χ1) is 16.4. The average molecular weight is 460 g/mol. The standard InChI is InChI=1S/C27H26FN3O3/c1-18-26(19(2)31(30-18)16-20-11-13-23(28)14-12-20)29-27(32)22-8-6-7-21(15-22)17-34-25-10-5-4-9-24(25)33-3/h4-15H,16-17H2,1-3H3,(H,29,32). The Balaban J connectivity index is 1.45. The second kappa shape index (κ2) is 10.2. The molecule has 6 nitrogen and oxygen atoms in total. The molecule has 174 valence electrons. The first kappa shape index (κ1) is 23.0. The molecule has 0 spiro atoms. The molecule has 0 bridgehead atoms. The number of methoxy groups -OCH3 is 1. The van der Waals surface area contributed by atoms with E-state index in [0.717, 1.165) is 16.8 Å². The van der Waals surface area contributed by atoms with Crippen LogP contribution in [0.4, 0.5) is 10.1 Å². The van der Waals surface area contributed by atoms with Crippen molar-refractivity contribution in [1.82, 2.24) is 9.78 Å². The summed E-state index contributed by atoms with van der Waals surface area (Å²) in [6.45, 7) is 4.53. The van der Waals surface area contributed by atoms with E-state index < -0.39 is 0 Å². The number of nitrogens with zero attached hydrogens (tertiary/aromatic N) is 2. The van der Waals surface area contributed by atoms with Crippen molar-refractivity contribution in [2.24, 2.45) is 0 Å². The molecule has 0 saturated carbocycles. The van der Waals surface area contributed by atoms with Gasteiger partial charge in [-0.2, -0.15) is 5.10 Å². The minimum absolute atomic E-state index is 0.230. The van der Waals surface area contributed by atoms with Crippen LogP contribution in [0.1, 0.15) is 32.9 Å². The van der Waals surface area contributed by atoms with Gasteiger partial charge in [0, 0.05) is 5.56 Å². The number of benzene rings is 3.